The number of carboxylic acids is 1. The number of hydrogen-bond acceptors (Lipinski definition) is 5. The Morgan fingerprint density at radius 2 is 1.95 bits per heavy atom. The number of methoxy groups -OCH3 is 2. The summed E-state index contributed by atoms with van der Waals surface area (Å²) < 4.78 is 14.8. The monoisotopic (exact) mass is 292 g/mol. The van der Waals surface area contributed by atoms with Crippen LogP contribution >= 0.6 is 0 Å². The second-order valence-corrected chi connectivity index (χ2v) is 4.17. The Hall–Kier alpha value is -1.38. The van der Waals surface area contributed by atoms with Gasteiger partial charge in [-0.2, -0.15) is 0 Å². The van der Waals surface area contributed by atoms with Crippen LogP contribution in [0.3, 0.4) is 0 Å². The van der Waals surface area contributed by atoms with Gasteiger partial charge in [0.25, 0.3) is 0 Å². The number of urea groups is 1. The van der Waals surface area contributed by atoms with Crippen molar-refractivity contribution in [3.05, 3.63) is 0 Å². The number of ether oxygens (including phenoxy) is 3. The molecule has 0 heterocycles. The molecule has 0 aromatic rings. The molecule has 0 spiro atoms. The first-order chi connectivity index (χ1) is 9.52. The van der Waals surface area contributed by atoms with E-state index in [1.54, 1.807) is 19.1 Å². The van der Waals surface area contributed by atoms with Crippen LogP contribution in [0.5, 0.6) is 0 Å². The van der Waals surface area contributed by atoms with Crippen LogP contribution in [0.2, 0.25) is 0 Å². The van der Waals surface area contributed by atoms with Gasteiger partial charge in [0.05, 0.1) is 25.9 Å². The van der Waals surface area contributed by atoms with E-state index in [9.17, 15) is 9.59 Å². The molecule has 0 rings (SSSR count). The molecule has 20 heavy (non-hydrogen) atoms. The van der Waals surface area contributed by atoms with Gasteiger partial charge in [-0.25, -0.2) is 9.59 Å². The second kappa shape index (κ2) is 11.4. The lowest BCUT2D eigenvalue weighted by Gasteiger charge is -2.28. The standard InChI is InChI=1S/C12H24N2O6/c1-10(8-19-3)14(5-7-18-2)12(17)13-4-6-20-9-11(15)16/h10H,4-9H2,1-3H3,(H,13,17)(H,15,16). The molecule has 0 saturated carbocycles. The molecule has 0 aromatic carbocycles. The van der Waals surface area contributed by atoms with Gasteiger partial charge in [-0.1, -0.05) is 0 Å². The Labute approximate surface area is 119 Å². The van der Waals surface area contributed by atoms with Crippen molar-refractivity contribution in [1.29, 1.82) is 0 Å². The molecule has 0 aliphatic heterocycles. The lowest BCUT2D eigenvalue weighted by atomic mass is 10.3. The SMILES string of the molecule is COCCN(C(=O)NCCOCC(=O)O)C(C)COC. The van der Waals surface area contributed by atoms with Gasteiger partial charge in [0.15, 0.2) is 0 Å². The van der Waals surface area contributed by atoms with E-state index < -0.39 is 5.97 Å². The normalized spacial score (nSPS) is 11.9. The van der Waals surface area contributed by atoms with Crippen LogP contribution < -0.4 is 5.32 Å². The average Bonchev–Trinajstić information content (AvgIpc) is 2.38. The Morgan fingerprint density at radius 1 is 1.25 bits per heavy atom. The molecule has 8 nitrogen and oxygen atoms in total. The summed E-state index contributed by atoms with van der Waals surface area (Å²) in [7, 11) is 3.14. The van der Waals surface area contributed by atoms with Gasteiger partial charge in [0.2, 0.25) is 0 Å². The highest BCUT2D eigenvalue weighted by molar-refractivity contribution is 5.74. The van der Waals surface area contributed by atoms with E-state index in [-0.39, 0.29) is 31.8 Å². The summed E-state index contributed by atoms with van der Waals surface area (Å²) in [4.78, 5) is 23.8. The van der Waals surface area contributed by atoms with Crippen molar-refractivity contribution in [3.63, 3.8) is 0 Å². The van der Waals surface area contributed by atoms with Crippen molar-refractivity contribution in [3.8, 4) is 0 Å². The first kappa shape index (κ1) is 18.6. The van der Waals surface area contributed by atoms with Crippen LogP contribution in [0.15, 0.2) is 0 Å². The molecular weight excluding hydrogens is 268 g/mol. The number of carbonyl (C=O) groups excluding carboxylic acids is 1. The third-order valence-electron chi connectivity index (χ3n) is 2.49. The van der Waals surface area contributed by atoms with Crippen molar-refractivity contribution >= 4 is 12.0 Å². The van der Waals surface area contributed by atoms with Crippen LogP contribution in [0.25, 0.3) is 0 Å². The number of nitrogens with zero attached hydrogens (tertiary/aromatic N) is 1. The quantitative estimate of drug-likeness (QED) is 0.511. The van der Waals surface area contributed by atoms with E-state index in [4.69, 9.17) is 19.3 Å². The van der Waals surface area contributed by atoms with E-state index in [0.717, 1.165) is 0 Å². The Kier molecular flexibility index (Phi) is 10.7. The smallest absolute Gasteiger partial charge is 0.329 e. The lowest BCUT2D eigenvalue weighted by Crippen LogP contribution is -2.48. The van der Waals surface area contributed by atoms with Crippen LogP contribution in [-0.4, -0.2) is 81.8 Å². The molecule has 1 unspecified atom stereocenters. The third kappa shape index (κ3) is 8.68. The highest BCUT2D eigenvalue weighted by Gasteiger charge is 2.19. The predicted octanol–water partition coefficient (Wildman–Crippen LogP) is -0.219. The van der Waals surface area contributed by atoms with E-state index in [1.807, 2.05) is 6.92 Å². The third-order valence-corrected chi connectivity index (χ3v) is 2.49. The molecule has 0 aliphatic rings. The van der Waals surface area contributed by atoms with Gasteiger partial charge in [-0.05, 0) is 6.92 Å². The minimum Gasteiger partial charge on any atom is -0.480 e. The van der Waals surface area contributed by atoms with Crippen LogP contribution in [-0.2, 0) is 19.0 Å². The summed E-state index contributed by atoms with van der Waals surface area (Å²) in [6.45, 7) is 3.19. The molecule has 0 bridgehead atoms. The molecule has 0 fully saturated rings. The zero-order valence-corrected chi connectivity index (χ0v) is 12.3. The van der Waals surface area contributed by atoms with Crippen molar-refractivity contribution in [1.82, 2.24) is 10.2 Å². The summed E-state index contributed by atoms with van der Waals surface area (Å²) in [5.74, 6) is -1.04. The van der Waals surface area contributed by atoms with Crippen molar-refractivity contribution in [2.75, 3.05) is 53.7 Å². The minimum absolute atomic E-state index is 0.0879. The zero-order valence-electron chi connectivity index (χ0n) is 12.3. The van der Waals surface area contributed by atoms with Crippen molar-refractivity contribution in [2.45, 2.75) is 13.0 Å². The fourth-order valence-corrected chi connectivity index (χ4v) is 1.53. The second-order valence-electron chi connectivity index (χ2n) is 4.17. The summed E-state index contributed by atoms with van der Waals surface area (Å²) in [6.07, 6.45) is 0. The van der Waals surface area contributed by atoms with Crippen molar-refractivity contribution < 1.29 is 28.9 Å². The summed E-state index contributed by atoms with van der Waals surface area (Å²) >= 11 is 0. The van der Waals surface area contributed by atoms with Gasteiger partial charge in [0, 0.05) is 27.3 Å². The van der Waals surface area contributed by atoms with Crippen LogP contribution in [0.1, 0.15) is 6.92 Å². The van der Waals surface area contributed by atoms with Gasteiger partial charge < -0.3 is 29.5 Å². The summed E-state index contributed by atoms with van der Waals surface area (Å²) in [6, 6.07) is -0.347. The van der Waals surface area contributed by atoms with Gasteiger partial charge in [0.1, 0.15) is 6.61 Å². The molecule has 0 aromatic heterocycles. The maximum atomic E-state index is 12.0. The maximum Gasteiger partial charge on any atom is 0.329 e. The molecule has 118 valence electrons. The van der Waals surface area contributed by atoms with Crippen LogP contribution in [0, 0.1) is 0 Å². The number of carbonyl (C=O) groups is 2. The van der Waals surface area contributed by atoms with Crippen LogP contribution in [0.4, 0.5) is 4.79 Å². The number of aliphatic carboxylic acids is 1. The fraction of sp³-hybridized carbons (Fsp3) is 0.833. The molecule has 2 amide bonds. The Balaban J connectivity index is 4.09. The topological polar surface area (TPSA) is 97.3 Å². The minimum atomic E-state index is -1.04. The number of carboxylic acid groups (broad SMARTS) is 1. The summed E-state index contributed by atoms with van der Waals surface area (Å²) in [5, 5.41) is 11.1. The van der Waals surface area contributed by atoms with Gasteiger partial charge >= 0.3 is 12.0 Å². The largest absolute Gasteiger partial charge is 0.480 e. The number of hydrogen-bond donors (Lipinski definition) is 2. The highest BCUT2D eigenvalue weighted by Crippen LogP contribution is 2.00. The van der Waals surface area contributed by atoms with E-state index in [2.05, 4.69) is 5.32 Å². The van der Waals surface area contributed by atoms with Gasteiger partial charge in [-0.15, -0.1) is 0 Å². The first-order valence-corrected chi connectivity index (χ1v) is 6.34. The molecular formula is C12H24N2O6. The molecule has 2 N–H and O–H groups in total. The predicted molar refractivity (Wildman–Crippen MR) is 71.8 cm³/mol. The molecule has 0 saturated heterocycles. The van der Waals surface area contributed by atoms with Gasteiger partial charge in [-0.3, -0.25) is 0 Å². The lowest BCUT2D eigenvalue weighted by molar-refractivity contribution is -0.142. The molecule has 8 heteroatoms. The zero-order chi connectivity index (χ0) is 15.4. The maximum absolute atomic E-state index is 12.0. The average molecular weight is 292 g/mol. The molecule has 0 radical (unpaired) electrons. The molecule has 1 atom stereocenters. The Morgan fingerprint density at radius 3 is 2.50 bits per heavy atom. The number of rotatable bonds is 11. The number of amides is 2. The highest BCUT2D eigenvalue weighted by atomic mass is 16.5. The Bertz CT molecular complexity index is 287. The summed E-state index contributed by atoms with van der Waals surface area (Å²) in [5.41, 5.74) is 0. The van der Waals surface area contributed by atoms with E-state index in [1.165, 1.54) is 0 Å². The van der Waals surface area contributed by atoms with E-state index in [0.29, 0.717) is 19.8 Å². The van der Waals surface area contributed by atoms with E-state index >= 15 is 0 Å². The fourth-order valence-electron chi connectivity index (χ4n) is 1.53. The number of nitrogens with one attached hydrogen (secondary N) is 1. The molecule has 0 aliphatic carbocycles. The van der Waals surface area contributed by atoms with Crippen molar-refractivity contribution in [2.24, 2.45) is 0 Å². The first-order valence-electron chi connectivity index (χ1n) is 6.34.